The molecule has 122 valence electrons. The summed E-state index contributed by atoms with van der Waals surface area (Å²) in [6.45, 7) is 1.19. The molecule has 0 spiro atoms. The standard InChI is InChI=1S/C16H14ClN5OS/c1-22(8-14-18-11-5-4-10(17)7-12(11)19-14)9-15-20-16(21-23-15)13-3-2-6-24-13/h2-7H,8-9H2,1H3,(H,18,19). The number of hydrogen-bond donors (Lipinski definition) is 1. The summed E-state index contributed by atoms with van der Waals surface area (Å²) in [4.78, 5) is 15.3. The van der Waals surface area contributed by atoms with Crippen LogP contribution in [-0.4, -0.2) is 32.1 Å². The minimum Gasteiger partial charge on any atom is -0.341 e. The molecule has 0 aliphatic rings. The second-order valence-corrected chi connectivity index (χ2v) is 6.89. The lowest BCUT2D eigenvalue weighted by Gasteiger charge is -2.11. The quantitative estimate of drug-likeness (QED) is 0.584. The number of thiophene rings is 1. The van der Waals surface area contributed by atoms with Crippen molar-refractivity contribution in [3.8, 4) is 10.7 Å². The van der Waals surface area contributed by atoms with E-state index in [-0.39, 0.29) is 0 Å². The Morgan fingerprint density at radius 1 is 1.25 bits per heavy atom. The second kappa shape index (κ2) is 6.35. The fourth-order valence-corrected chi connectivity index (χ4v) is 3.30. The lowest BCUT2D eigenvalue weighted by molar-refractivity contribution is 0.257. The molecule has 24 heavy (non-hydrogen) atoms. The van der Waals surface area contributed by atoms with Crippen molar-refractivity contribution in [1.29, 1.82) is 0 Å². The maximum absolute atomic E-state index is 6.00. The van der Waals surface area contributed by atoms with Gasteiger partial charge in [-0.3, -0.25) is 4.90 Å². The molecule has 0 amide bonds. The first kappa shape index (κ1) is 15.3. The van der Waals surface area contributed by atoms with Crippen LogP contribution in [0, 0.1) is 0 Å². The topological polar surface area (TPSA) is 70.8 Å². The van der Waals surface area contributed by atoms with Crippen LogP contribution in [0.25, 0.3) is 21.7 Å². The highest BCUT2D eigenvalue weighted by Crippen LogP contribution is 2.22. The van der Waals surface area contributed by atoms with E-state index in [0.29, 0.717) is 29.8 Å². The number of hydrogen-bond acceptors (Lipinski definition) is 6. The van der Waals surface area contributed by atoms with E-state index in [0.717, 1.165) is 21.7 Å². The van der Waals surface area contributed by atoms with Crippen molar-refractivity contribution in [2.75, 3.05) is 7.05 Å². The molecule has 0 fully saturated rings. The third kappa shape index (κ3) is 3.19. The van der Waals surface area contributed by atoms with Crippen LogP contribution in [-0.2, 0) is 13.1 Å². The normalized spacial score (nSPS) is 11.6. The number of aromatic amines is 1. The molecule has 0 bridgehead atoms. The first-order valence-electron chi connectivity index (χ1n) is 7.36. The van der Waals surface area contributed by atoms with E-state index in [1.807, 2.05) is 42.8 Å². The number of nitrogens with one attached hydrogen (secondary N) is 1. The van der Waals surface area contributed by atoms with Crippen molar-refractivity contribution < 1.29 is 4.52 Å². The second-order valence-electron chi connectivity index (χ2n) is 5.51. The smallest absolute Gasteiger partial charge is 0.241 e. The molecule has 0 unspecified atom stereocenters. The Morgan fingerprint density at radius 3 is 3.00 bits per heavy atom. The zero-order valence-electron chi connectivity index (χ0n) is 12.9. The fourth-order valence-electron chi connectivity index (χ4n) is 2.48. The average Bonchev–Trinajstić information content (AvgIpc) is 3.25. The number of H-pyrrole nitrogens is 1. The van der Waals surface area contributed by atoms with Gasteiger partial charge in [0.25, 0.3) is 0 Å². The first-order valence-corrected chi connectivity index (χ1v) is 8.62. The number of halogens is 1. The molecular formula is C16H14ClN5OS. The molecule has 1 aromatic carbocycles. The Morgan fingerprint density at radius 2 is 2.17 bits per heavy atom. The fraction of sp³-hybridized carbons (Fsp3) is 0.188. The van der Waals surface area contributed by atoms with E-state index in [2.05, 4.69) is 25.0 Å². The summed E-state index contributed by atoms with van der Waals surface area (Å²) >= 11 is 7.59. The zero-order chi connectivity index (χ0) is 16.5. The maximum atomic E-state index is 6.00. The third-order valence-electron chi connectivity index (χ3n) is 3.53. The van der Waals surface area contributed by atoms with Crippen LogP contribution < -0.4 is 0 Å². The molecule has 0 saturated heterocycles. The highest BCUT2D eigenvalue weighted by Gasteiger charge is 2.13. The number of aromatic nitrogens is 4. The number of rotatable bonds is 5. The molecule has 4 rings (SSSR count). The lowest BCUT2D eigenvalue weighted by atomic mass is 10.3. The van der Waals surface area contributed by atoms with Gasteiger partial charge in [-0.05, 0) is 36.7 Å². The van der Waals surface area contributed by atoms with Gasteiger partial charge in [0, 0.05) is 5.02 Å². The van der Waals surface area contributed by atoms with Crippen LogP contribution in [0.5, 0.6) is 0 Å². The molecule has 0 saturated carbocycles. The van der Waals surface area contributed by atoms with Gasteiger partial charge in [0.1, 0.15) is 5.82 Å². The van der Waals surface area contributed by atoms with Gasteiger partial charge in [-0.25, -0.2) is 4.98 Å². The molecule has 0 atom stereocenters. The molecule has 6 nitrogen and oxygen atoms in total. The minimum absolute atomic E-state index is 0.552. The van der Waals surface area contributed by atoms with E-state index < -0.39 is 0 Å². The Labute approximate surface area is 147 Å². The van der Waals surface area contributed by atoms with E-state index >= 15 is 0 Å². The summed E-state index contributed by atoms with van der Waals surface area (Å²) in [5, 5.41) is 6.71. The average molecular weight is 360 g/mol. The van der Waals surface area contributed by atoms with Crippen molar-refractivity contribution in [3.05, 3.63) is 52.4 Å². The van der Waals surface area contributed by atoms with E-state index in [1.165, 1.54) is 0 Å². The predicted molar refractivity (Wildman–Crippen MR) is 93.9 cm³/mol. The van der Waals surface area contributed by atoms with Crippen LogP contribution in [0.4, 0.5) is 0 Å². The van der Waals surface area contributed by atoms with Gasteiger partial charge in [-0.15, -0.1) is 11.3 Å². The van der Waals surface area contributed by atoms with Gasteiger partial charge in [0.05, 0.1) is 29.0 Å². The van der Waals surface area contributed by atoms with Gasteiger partial charge in [-0.1, -0.05) is 22.8 Å². The maximum Gasteiger partial charge on any atom is 0.241 e. The van der Waals surface area contributed by atoms with E-state index in [4.69, 9.17) is 16.1 Å². The van der Waals surface area contributed by atoms with Gasteiger partial charge < -0.3 is 9.51 Å². The summed E-state index contributed by atoms with van der Waals surface area (Å²) in [6, 6.07) is 9.56. The summed E-state index contributed by atoms with van der Waals surface area (Å²) in [5.74, 6) is 2.08. The highest BCUT2D eigenvalue weighted by molar-refractivity contribution is 7.13. The number of imidazole rings is 1. The molecule has 0 aliphatic carbocycles. The number of fused-ring (bicyclic) bond motifs is 1. The Hall–Kier alpha value is -2.22. The van der Waals surface area contributed by atoms with Crippen molar-refractivity contribution in [2.24, 2.45) is 0 Å². The van der Waals surface area contributed by atoms with Crippen LogP contribution >= 0.6 is 22.9 Å². The summed E-state index contributed by atoms with van der Waals surface area (Å²) in [6.07, 6.45) is 0. The summed E-state index contributed by atoms with van der Waals surface area (Å²) in [7, 11) is 1.98. The molecule has 3 heterocycles. The Kier molecular flexibility index (Phi) is 4.05. The molecule has 4 aromatic rings. The van der Waals surface area contributed by atoms with Gasteiger partial charge in [0.15, 0.2) is 0 Å². The van der Waals surface area contributed by atoms with Crippen molar-refractivity contribution in [2.45, 2.75) is 13.1 Å². The molecule has 0 aliphatic heterocycles. The molecule has 3 aromatic heterocycles. The molecule has 1 N–H and O–H groups in total. The molecular weight excluding hydrogens is 346 g/mol. The van der Waals surface area contributed by atoms with Crippen LogP contribution in [0.1, 0.15) is 11.7 Å². The Balaban J connectivity index is 1.45. The highest BCUT2D eigenvalue weighted by atomic mass is 35.5. The number of benzene rings is 1. The van der Waals surface area contributed by atoms with Crippen LogP contribution in [0.3, 0.4) is 0 Å². The van der Waals surface area contributed by atoms with E-state index in [9.17, 15) is 0 Å². The van der Waals surface area contributed by atoms with Crippen molar-refractivity contribution in [1.82, 2.24) is 25.0 Å². The monoisotopic (exact) mass is 359 g/mol. The lowest BCUT2D eigenvalue weighted by Crippen LogP contribution is -2.18. The molecule has 8 heteroatoms. The Bertz CT molecular complexity index is 962. The SMILES string of the molecule is CN(Cc1nc2ccc(Cl)cc2[nH]1)Cc1nc(-c2cccs2)no1. The van der Waals surface area contributed by atoms with Crippen LogP contribution in [0.15, 0.2) is 40.2 Å². The van der Waals surface area contributed by atoms with Crippen molar-refractivity contribution in [3.63, 3.8) is 0 Å². The minimum atomic E-state index is 0.552. The van der Waals surface area contributed by atoms with Crippen molar-refractivity contribution >= 4 is 34.0 Å². The largest absolute Gasteiger partial charge is 0.341 e. The van der Waals surface area contributed by atoms with Gasteiger partial charge >= 0.3 is 0 Å². The van der Waals surface area contributed by atoms with Gasteiger partial charge in [0.2, 0.25) is 11.7 Å². The zero-order valence-corrected chi connectivity index (χ0v) is 14.4. The summed E-state index contributed by atoms with van der Waals surface area (Å²) < 4.78 is 5.33. The van der Waals surface area contributed by atoms with Crippen LogP contribution in [0.2, 0.25) is 5.02 Å². The van der Waals surface area contributed by atoms with E-state index in [1.54, 1.807) is 11.3 Å². The predicted octanol–water partition coefficient (Wildman–Crippen LogP) is 3.96. The third-order valence-corrected chi connectivity index (χ3v) is 4.63. The number of nitrogens with zero attached hydrogens (tertiary/aromatic N) is 4. The summed E-state index contributed by atoms with van der Waals surface area (Å²) in [5.41, 5.74) is 1.84. The first-order chi connectivity index (χ1) is 11.7. The van der Waals surface area contributed by atoms with Gasteiger partial charge in [-0.2, -0.15) is 4.98 Å². The molecule has 0 radical (unpaired) electrons.